The maximum Gasteiger partial charge on any atom is 2.00 e. The number of phosphoric acid groups is 1. The van der Waals surface area contributed by atoms with Crippen LogP contribution in [-0.4, -0.2) is 104 Å². The van der Waals surface area contributed by atoms with E-state index in [0.29, 0.717) is 0 Å². The molecule has 0 amide bonds. The summed E-state index contributed by atoms with van der Waals surface area (Å²) in [4.78, 5) is 35.9. The maximum atomic E-state index is 10.2. The van der Waals surface area contributed by atoms with Gasteiger partial charge in [0.25, 0.3) is 0 Å². The molecule has 0 radical (unpaired) electrons. The molecule has 0 bridgehead atoms. The summed E-state index contributed by atoms with van der Waals surface area (Å²) in [6.07, 6.45) is 19.9. The Morgan fingerprint density at radius 1 is 0.643 bits per heavy atom. The molecule has 0 aliphatic heterocycles. The number of rotatable bonds is 16. The molecular formula is C18H35Ca2MgO6P+2. The van der Waals surface area contributed by atoms with Crippen molar-refractivity contribution in [3.8, 4) is 0 Å². The van der Waals surface area contributed by atoms with Crippen LogP contribution in [0.5, 0.6) is 0 Å². The molecule has 28 heavy (non-hydrogen) atoms. The van der Waals surface area contributed by atoms with Crippen LogP contribution in [0.15, 0.2) is 0 Å². The Labute approximate surface area is 247 Å². The van der Waals surface area contributed by atoms with Gasteiger partial charge >= 0.3 is 98.5 Å². The number of hydrogen-bond acceptors (Lipinski definition) is 6. The SMILES string of the molecule is CCCCCCCCCCCCCCCCCC(=O)[O-].O=P([O-])([O-])[O-].[Ca+2].[Ca+2].[Mg+2]. The molecule has 0 aromatic rings. The van der Waals surface area contributed by atoms with E-state index in [4.69, 9.17) is 19.2 Å². The van der Waals surface area contributed by atoms with Crippen molar-refractivity contribution in [2.45, 2.75) is 110 Å². The summed E-state index contributed by atoms with van der Waals surface area (Å²) in [6, 6.07) is 0. The summed E-state index contributed by atoms with van der Waals surface area (Å²) in [5, 5.41) is 10.2. The molecule has 0 unspecified atom stereocenters. The summed E-state index contributed by atoms with van der Waals surface area (Å²) in [5.41, 5.74) is 0. The molecule has 0 spiro atoms. The van der Waals surface area contributed by atoms with E-state index in [0.717, 1.165) is 12.8 Å². The molecule has 0 aliphatic rings. The molecule has 0 saturated heterocycles. The largest absolute Gasteiger partial charge is 2.00 e. The van der Waals surface area contributed by atoms with E-state index in [1.165, 1.54) is 83.5 Å². The van der Waals surface area contributed by atoms with Crippen LogP contribution in [0.3, 0.4) is 0 Å². The molecule has 0 heterocycles. The topological polar surface area (TPSA) is 126 Å². The van der Waals surface area contributed by atoms with Crippen LogP contribution < -0.4 is 19.8 Å². The summed E-state index contributed by atoms with van der Waals surface area (Å²) in [6.45, 7) is 2.27. The molecule has 0 rings (SSSR count). The minimum atomic E-state index is -5.39. The summed E-state index contributed by atoms with van der Waals surface area (Å²) >= 11 is 0. The first kappa shape index (κ1) is 41.2. The van der Waals surface area contributed by atoms with E-state index in [9.17, 15) is 9.90 Å². The molecule has 0 aliphatic carbocycles. The van der Waals surface area contributed by atoms with Gasteiger partial charge in [0.15, 0.2) is 0 Å². The van der Waals surface area contributed by atoms with E-state index in [1.54, 1.807) is 0 Å². The average Bonchev–Trinajstić information content (AvgIpc) is 2.49. The number of carboxylic acids is 1. The predicted octanol–water partition coefficient (Wildman–Crippen LogP) is 1.03. The first-order valence-electron chi connectivity index (χ1n) is 9.70. The minimum absolute atomic E-state index is 0. The molecule has 0 fully saturated rings. The first-order valence-corrected chi connectivity index (χ1v) is 11.2. The Morgan fingerprint density at radius 2 is 0.857 bits per heavy atom. The van der Waals surface area contributed by atoms with Crippen molar-refractivity contribution in [1.82, 2.24) is 0 Å². The smallest absolute Gasteiger partial charge is 0.822 e. The molecule has 0 saturated carbocycles. The molecule has 0 aromatic carbocycles. The molecule has 6 nitrogen and oxygen atoms in total. The fraction of sp³-hybridized carbons (Fsp3) is 0.944. The number of aliphatic carboxylic acids is 1. The standard InChI is InChI=1S/C18H36O2.2Ca.Mg.H3O4P/c1-2-3-4-5-6-7-8-9-10-11-12-13-14-15-16-17-18(19)20;;;;1-5(2,3)4/h2-17H2,1H3,(H,19,20);;;;(H3,1,2,3,4)/q;3*+2;/p-4. The van der Waals surface area contributed by atoms with Gasteiger partial charge in [0.1, 0.15) is 0 Å². The van der Waals surface area contributed by atoms with E-state index in [1.807, 2.05) is 0 Å². The summed E-state index contributed by atoms with van der Waals surface area (Å²) in [7, 11) is -5.39. The number of unbranched alkanes of at least 4 members (excludes halogenated alkanes) is 14. The Hall–Kier alpha value is 2.87. The molecule has 0 N–H and O–H groups in total. The van der Waals surface area contributed by atoms with Crippen LogP contribution in [0.4, 0.5) is 0 Å². The van der Waals surface area contributed by atoms with E-state index >= 15 is 0 Å². The van der Waals surface area contributed by atoms with Crippen molar-refractivity contribution in [2.24, 2.45) is 0 Å². The van der Waals surface area contributed by atoms with Gasteiger partial charge in [-0.1, -0.05) is 96.8 Å². The van der Waals surface area contributed by atoms with Crippen molar-refractivity contribution in [3.05, 3.63) is 0 Å². The molecule has 10 heteroatoms. The monoisotopic (exact) mass is 482 g/mol. The van der Waals surface area contributed by atoms with Gasteiger partial charge in [-0.3, -0.25) is 0 Å². The zero-order chi connectivity index (χ0) is 19.4. The molecule has 0 aromatic heterocycles. The zero-order valence-corrected chi connectivity index (χ0v) is 24.6. The van der Waals surface area contributed by atoms with Gasteiger partial charge in [-0.2, -0.15) is 7.82 Å². The van der Waals surface area contributed by atoms with Crippen LogP contribution in [0.25, 0.3) is 0 Å². The van der Waals surface area contributed by atoms with Crippen LogP contribution in [0, 0.1) is 0 Å². The van der Waals surface area contributed by atoms with Gasteiger partial charge in [-0.25, -0.2) is 0 Å². The second kappa shape index (κ2) is 32.0. The van der Waals surface area contributed by atoms with Gasteiger partial charge in [-0.05, 0) is 12.8 Å². The fourth-order valence-electron chi connectivity index (χ4n) is 2.64. The number of hydrogen-bond donors (Lipinski definition) is 0. The van der Waals surface area contributed by atoms with Gasteiger partial charge in [0, 0.05) is 5.97 Å². The van der Waals surface area contributed by atoms with Gasteiger partial charge in [-0.15, -0.1) is 0 Å². The Morgan fingerprint density at radius 3 is 1.07 bits per heavy atom. The molecular weight excluding hydrogens is 448 g/mol. The Bertz CT molecular complexity index is 338. The quantitative estimate of drug-likeness (QED) is 0.184. The second-order valence-corrected chi connectivity index (χ2v) is 7.41. The van der Waals surface area contributed by atoms with Gasteiger partial charge in [0.2, 0.25) is 0 Å². The fourth-order valence-corrected chi connectivity index (χ4v) is 2.64. The van der Waals surface area contributed by atoms with Crippen molar-refractivity contribution in [2.75, 3.05) is 0 Å². The van der Waals surface area contributed by atoms with Crippen molar-refractivity contribution < 1.29 is 29.1 Å². The third-order valence-electron chi connectivity index (χ3n) is 3.98. The zero-order valence-electron chi connectivity index (χ0n) is 17.8. The van der Waals surface area contributed by atoms with Crippen molar-refractivity contribution in [1.29, 1.82) is 0 Å². The summed E-state index contributed by atoms with van der Waals surface area (Å²) in [5.74, 6) is -0.903. The van der Waals surface area contributed by atoms with Crippen LogP contribution in [0.2, 0.25) is 0 Å². The van der Waals surface area contributed by atoms with E-state index in [2.05, 4.69) is 6.92 Å². The van der Waals surface area contributed by atoms with Crippen LogP contribution in [-0.2, 0) is 9.36 Å². The van der Waals surface area contributed by atoms with Crippen molar-refractivity contribution >= 4 is 112 Å². The van der Waals surface area contributed by atoms with Crippen LogP contribution >= 0.6 is 7.82 Å². The van der Waals surface area contributed by atoms with Gasteiger partial charge in [0.05, 0.1) is 0 Å². The number of carboxylic acid groups (broad SMARTS) is 1. The maximum absolute atomic E-state index is 10.2. The Balaban J connectivity index is -0.000000195. The first-order chi connectivity index (χ1) is 11.8. The van der Waals surface area contributed by atoms with E-state index in [-0.39, 0.29) is 105 Å². The normalized spacial score (nSPS) is 9.86. The molecule has 0 atom stereocenters. The summed E-state index contributed by atoms with van der Waals surface area (Å²) < 4.78 is 8.55. The average molecular weight is 483 g/mol. The number of carbonyl (C=O) groups is 1. The third kappa shape index (κ3) is 56.8. The van der Waals surface area contributed by atoms with Gasteiger partial charge < -0.3 is 29.1 Å². The van der Waals surface area contributed by atoms with Crippen LogP contribution in [0.1, 0.15) is 110 Å². The molecule has 152 valence electrons. The Kier molecular flexibility index (Phi) is 47.1. The predicted molar refractivity (Wildman–Crippen MR) is 109 cm³/mol. The van der Waals surface area contributed by atoms with Crippen molar-refractivity contribution in [3.63, 3.8) is 0 Å². The third-order valence-corrected chi connectivity index (χ3v) is 3.98. The van der Waals surface area contributed by atoms with E-state index < -0.39 is 13.8 Å². The minimum Gasteiger partial charge on any atom is -0.822 e. The second-order valence-electron chi connectivity index (χ2n) is 6.52. The number of carbonyl (C=O) groups excluding carboxylic acids is 1.